The highest BCUT2D eigenvalue weighted by Crippen LogP contribution is 2.25. The fraction of sp³-hybridized carbons (Fsp3) is 0.154. The molecule has 0 aliphatic carbocycles. The number of rotatable bonds is 2. The molecule has 0 atom stereocenters. The molecule has 0 radical (unpaired) electrons. The van der Waals surface area contributed by atoms with Crippen molar-refractivity contribution in [2.45, 2.75) is 6.92 Å². The van der Waals surface area contributed by atoms with Crippen molar-refractivity contribution in [3.63, 3.8) is 0 Å². The number of benzene rings is 1. The lowest BCUT2D eigenvalue weighted by atomic mass is 10.1. The average Bonchev–Trinajstić information content (AvgIpc) is 2.97. The number of aryl methyl sites for hydroxylation is 2. The predicted octanol–water partition coefficient (Wildman–Crippen LogP) is 2.03. The van der Waals surface area contributed by atoms with Crippen LogP contribution in [-0.4, -0.2) is 19.7 Å². The number of imidazole rings is 1. The summed E-state index contributed by atoms with van der Waals surface area (Å²) in [5.41, 5.74) is 8.31. The van der Waals surface area contributed by atoms with Crippen LogP contribution in [0.3, 0.4) is 0 Å². The fourth-order valence-electron chi connectivity index (χ4n) is 1.93. The minimum Gasteiger partial charge on any atom is -0.399 e. The van der Waals surface area contributed by atoms with Crippen LogP contribution in [0, 0.1) is 6.92 Å². The van der Waals surface area contributed by atoms with E-state index in [1.54, 1.807) is 6.20 Å². The summed E-state index contributed by atoms with van der Waals surface area (Å²) < 4.78 is 7.13. The zero-order chi connectivity index (χ0) is 13.4. The lowest BCUT2D eigenvalue weighted by Gasteiger charge is -2.01. The summed E-state index contributed by atoms with van der Waals surface area (Å²) in [7, 11) is 1.88. The van der Waals surface area contributed by atoms with Gasteiger partial charge >= 0.3 is 0 Å². The van der Waals surface area contributed by atoms with Crippen molar-refractivity contribution in [2.24, 2.45) is 7.05 Å². The Hall–Kier alpha value is -2.63. The van der Waals surface area contributed by atoms with Crippen LogP contribution in [0.4, 0.5) is 5.69 Å². The molecular formula is C13H13N5O. The van der Waals surface area contributed by atoms with Crippen LogP contribution in [0.5, 0.6) is 0 Å². The molecule has 0 spiro atoms. The highest BCUT2D eigenvalue weighted by atomic mass is 16.5. The first-order valence-corrected chi connectivity index (χ1v) is 5.83. The minimum atomic E-state index is 0.468. The molecule has 0 saturated heterocycles. The molecule has 3 aromatic rings. The van der Waals surface area contributed by atoms with Crippen LogP contribution in [0.15, 0.2) is 35.1 Å². The van der Waals surface area contributed by atoms with E-state index in [0.29, 0.717) is 23.2 Å². The second-order valence-electron chi connectivity index (χ2n) is 4.36. The largest absolute Gasteiger partial charge is 0.399 e. The van der Waals surface area contributed by atoms with Crippen molar-refractivity contribution >= 4 is 5.69 Å². The minimum absolute atomic E-state index is 0.468. The number of hydrogen-bond donors (Lipinski definition) is 1. The van der Waals surface area contributed by atoms with E-state index >= 15 is 0 Å². The molecule has 19 heavy (non-hydrogen) atoms. The Labute approximate surface area is 109 Å². The van der Waals surface area contributed by atoms with Gasteiger partial charge in [-0.05, 0) is 30.7 Å². The second-order valence-corrected chi connectivity index (χ2v) is 4.36. The molecule has 0 unspecified atom stereocenters. The van der Waals surface area contributed by atoms with Gasteiger partial charge in [0.25, 0.3) is 5.89 Å². The third-order valence-electron chi connectivity index (χ3n) is 2.93. The van der Waals surface area contributed by atoms with Gasteiger partial charge in [0.05, 0.1) is 0 Å². The monoisotopic (exact) mass is 255 g/mol. The van der Waals surface area contributed by atoms with E-state index in [-0.39, 0.29) is 0 Å². The molecule has 0 aliphatic heterocycles. The van der Waals surface area contributed by atoms with Gasteiger partial charge in [-0.3, -0.25) is 0 Å². The molecular weight excluding hydrogens is 242 g/mol. The van der Waals surface area contributed by atoms with Gasteiger partial charge in [0.1, 0.15) is 0 Å². The van der Waals surface area contributed by atoms with Crippen LogP contribution in [0.2, 0.25) is 0 Å². The summed E-state index contributed by atoms with van der Waals surface area (Å²) in [4.78, 5) is 8.56. The lowest BCUT2D eigenvalue weighted by Crippen LogP contribution is -1.93. The molecule has 2 N–H and O–H groups in total. The lowest BCUT2D eigenvalue weighted by molar-refractivity contribution is 0.431. The van der Waals surface area contributed by atoms with E-state index in [4.69, 9.17) is 10.3 Å². The Kier molecular flexibility index (Phi) is 2.56. The van der Waals surface area contributed by atoms with Crippen LogP contribution in [0.25, 0.3) is 23.1 Å². The third-order valence-corrected chi connectivity index (χ3v) is 2.93. The number of anilines is 1. The number of nitrogens with zero attached hydrogens (tertiary/aromatic N) is 4. The zero-order valence-corrected chi connectivity index (χ0v) is 10.7. The van der Waals surface area contributed by atoms with Crippen LogP contribution in [-0.2, 0) is 7.05 Å². The van der Waals surface area contributed by atoms with Crippen molar-refractivity contribution in [3.05, 3.63) is 36.2 Å². The van der Waals surface area contributed by atoms with Crippen molar-refractivity contribution in [1.29, 1.82) is 0 Å². The molecule has 0 bridgehead atoms. The number of hydrogen-bond acceptors (Lipinski definition) is 5. The second kappa shape index (κ2) is 4.24. The van der Waals surface area contributed by atoms with Crippen LogP contribution < -0.4 is 5.73 Å². The molecule has 2 aromatic heterocycles. The van der Waals surface area contributed by atoms with E-state index in [2.05, 4.69) is 15.1 Å². The Morgan fingerprint density at radius 2 is 2.16 bits per heavy atom. The van der Waals surface area contributed by atoms with Gasteiger partial charge in [-0.1, -0.05) is 5.16 Å². The van der Waals surface area contributed by atoms with Gasteiger partial charge in [0.15, 0.2) is 5.82 Å². The van der Waals surface area contributed by atoms with E-state index in [1.165, 1.54) is 0 Å². The van der Waals surface area contributed by atoms with Crippen molar-refractivity contribution in [3.8, 4) is 23.1 Å². The van der Waals surface area contributed by atoms with Gasteiger partial charge in [0, 0.05) is 30.7 Å². The molecule has 2 heterocycles. The molecule has 96 valence electrons. The molecule has 0 saturated carbocycles. The maximum absolute atomic E-state index is 5.73. The van der Waals surface area contributed by atoms with Gasteiger partial charge in [-0.2, -0.15) is 4.98 Å². The normalized spacial score (nSPS) is 10.8. The molecule has 0 aliphatic rings. The van der Waals surface area contributed by atoms with E-state index < -0.39 is 0 Å². The van der Waals surface area contributed by atoms with E-state index in [1.807, 2.05) is 42.9 Å². The van der Waals surface area contributed by atoms with Gasteiger partial charge in [0.2, 0.25) is 5.82 Å². The van der Waals surface area contributed by atoms with E-state index in [0.717, 1.165) is 11.1 Å². The van der Waals surface area contributed by atoms with Gasteiger partial charge in [-0.25, -0.2) is 4.98 Å². The van der Waals surface area contributed by atoms with Crippen molar-refractivity contribution in [1.82, 2.24) is 19.7 Å². The standard InChI is InChI=1S/C13H13N5O/c1-8-7-9(14)3-4-10(8)13-16-11(17-19-13)12-15-5-6-18(12)2/h3-7H,14H2,1-2H3. The average molecular weight is 255 g/mol. The number of aromatic nitrogens is 4. The topological polar surface area (TPSA) is 82.8 Å². The molecule has 6 heteroatoms. The Bertz CT molecular complexity index is 728. The quantitative estimate of drug-likeness (QED) is 0.708. The number of nitrogens with two attached hydrogens (primary N) is 1. The highest BCUT2D eigenvalue weighted by Gasteiger charge is 2.15. The highest BCUT2D eigenvalue weighted by molar-refractivity contribution is 5.63. The Balaban J connectivity index is 2.04. The summed E-state index contributed by atoms with van der Waals surface area (Å²) in [6.07, 6.45) is 3.53. The maximum atomic E-state index is 5.73. The summed E-state index contributed by atoms with van der Waals surface area (Å²) in [6, 6.07) is 5.56. The SMILES string of the molecule is Cc1cc(N)ccc1-c1nc(-c2nccn2C)no1. The molecule has 0 fully saturated rings. The smallest absolute Gasteiger partial charge is 0.258 e. The summed E-state index contributed by atoms with van der Waals surface area (Å²) in [5, 5.41) is 3.96. The summed E-state index contributed by atoms with van der Waals surface area (Å²) >= 11 is 0. The third kappa shape index (κ3) is 1.97. The summed E-state index contributed by atoms with van der Waals surface area (Å²) in [6.45, 7) is 1.95. The van der Waals surface area contributed by atoms with Gasteiger partial charge < -0.3 is 14.8 Å². The zero-order valence-electron chi connectivity index (χ0n) is 10.7. The van der Waals surface area contributed by atoms with Crippen LogP contribution >= 0.6 is 0 Å². The van der Waals surface area contributed by atoms with Crippen molar-refractivity contribution in [2.75, 3.05) is 5.73 Å². The number of nitrogen functional groups attached to an aromatic ring is 1. The molecule has 3 rings (SSSR count). The molecule has 1 aromatic carbocycles. The first kappa shape index (κ1) is 11.5. The van der Waals surface area contributed by atoms with Gasteiger partial charge in [-0.15, -0.1) is 0 Å². The van der Waals surface area contributed by atoms with Crippen LogP contribution in [0.1, 0.15) is 5.56 Å². The Morgan fingerprint density at radius 1 is 1.32 bits per heavy atom. The molecule has 6 nitrogen and oxygen atoms in total. The first-order chi connectivity index (χ1) is 9.15. The fourth-order valence-corrected chi connectivity index (χ4v) is 1.93. The first-order valence-electron chi connectivity index (χ1n) is 5.83. The Morgan fingerprint density at radius 3 is 2.84 bits per heavy atom. The maximum Gasteiger partial charge on any atom is 0.258 e. The summed E-state index contributed by atoms with van der Waals surface area (Å²) in [5.74, 6) is 1.61. The van der Waals surface area contributed by atoms with E-state index in [9.17, 15) is 0 Å². The molecule has 0 amide bonds. The predicted molar refractivity (Wildman–Crippen MR) is 71.1 cm³/mol. The van der Waals surface area contributed by atoms with Crippen molar-refractivity contribution < 1.29 is 4.52 Å².